The Morgan fingerprint density at radius 2 is 1.05 bits per heavy atom. The molecule has 0 radical (unpaired) electrons. The lowest BCUT2D eigenvalue weighted by atomic mass is 10.1. The molecule has 0 aliphatic carbocycles. The van der Waals surface area contributed by atoms with Crippen LogP contribution in [0.3, 0.4) is 0 Å². The van der Waals surface area contributed by atoms with Crippen molar-refractivity contribution in [2.45, 2.75) is 13.0 Å². The van der Waals surface area contributed by atoms with Crippen LogP contribution >= 0.6 is 0 Å². The standard InChI is InChI=1S/C14H22O7/c1-8(15-2)9-10(16-3)12(17-4)14(19-6)13(18-5)11(9)21-20-7/h8H,1-7H3. The van der Waals surface area contributed by atoms with Gasteiger partial charge in [0.05, 0.1) is 47.2 Å². The van der Waals surface area contributed by atoms with Crippen LogP contribution < -0.4 is 23.8 Å². The Balaban J connectivity index is 3.79. The van der Waals surface area contributed by atoms with Crippen molar-refractivity contribution in [3.63, 3.8) is 0 Å². The molecule has 0 saturated heterocycles. The van der Waals surface area contributed by atoms with E-state index >= 15 is 0 Å². The molecule has 0 bridgehead atoms. The summed E-state index contributed by atoms with van der Waals surface area (Å²) in [6.45, 7) is 1.84. The second-order valence-electron chi connectivity index (χ2n) is 4.00. The van der Waals surface area contributed by atoms with E-state index in [1.54, 1.807) is 7.11 Å². The zero-order valence-electron chi connectivity index (χ0n) is 13.4. The molecule has 0 amide bonds. The zero-order valence-corrected chi connectivity index (χ0v) is 13.4. The minimum Gasteiger partial charge on any atom is -0.492 e. The summed E-state index contributed by atoms with van der Waals surface area (Å²) in [4.78, 5) is 10.0. The number of benzene rings is 1. The van der Waals surface area contributed by atoms with E-state index in [2.05, 4.69) is 0 Å². The van der Waals surface area contributed by atoms with Crippen molar-refractivity contribution in [2.75, 3.05) is 42.7 Å². The van der Waals surface area contributed by atoms with Crippen LogP contribution in [0.4, 0.5) is 0 Å². The molecular formula is C14H22O7. The highest BCUT2D eigenvalue weighted by atomic mass is 17.2. The minimum atomic E-state index is -0.348. The van der Waals surface area contributed by atoms with Crippen LogP contribution in [-0.2, 0) is 9.62 Å². The minimum absolute atomic E-state index is 0.309. The van der Waals surface area contributed by atoms with E-state index in [0.717, 1.165) is 0 Å². The Bertz CT molecular complexity index is 473. The van der Waals surface area contributed by atoms with Crippen LogP contribution in [0.2, 0.25) is 0 Å². The third kappa shape index (κ3) is 3.08. The molecule has 0 fully saturated rings. The van der Waals surface area contributed by atoms with Gasteiger partial charge in [-0.2, -0.15) is 4.89 Å². The predicted molar refractivity (Wildman–Crippen MR) is 75.7 cm³/mol. The molecule has 1 unspecified atom stereocenters. The van der Waals surface area contributed by atoms with Crippen LogP contribution in [0.25, 0.3) is 0 Å². The average molecular weight is 302 g/mol. The van der Waals surface area contributed by atoms with E-state index in [1.165, 1.54) is 35.5 Å². The predicted octanol–water partition coefficient (Wildman–Crippen LogP) is 2.37. The van der Waals surface area contributed by atoms with Crippen molar-refractivity contribution in [2.24, 2.45) is 0 Å². The molecule has 1 atom stereocenters. The van der Waals surface area contributed by atoms with Gasteiger partial charge in [0.2, 0.25) is 23.0 Å². The lowest BCUT2D eigenvalue weighted by Crippen LogP contribution is -2.09. The summed E-state index contributed by atoms with van der Waals surface area (Å²) >= 11 is 0. The first kappa shape index (κ1) is 17.2. The van der Waals surface area contributed by atoms with Gasteiger partial charge >= 0.3 is 0 Å². The van der Waals surface area contributed by atoms with Crippen LogP contribution in [0.15, 0.2) is 0 Å². The third-order valence-corrected chi connectivity index (χ3v) is 3.06. The highest BCUT2D eigenvalue weighted by Crippen LogP contribution is 2.55. The number of hydrogen-bond acceptors (Lipinski definition) is 7. The molecule has 0 aliphatic heterocycles. The number of hydrogen-bond donors (Lipinski definition) is 0. The molecule has 0 spiro atoms. The third-order valence-electron chi connectivity index (χ3n) is 3.06. The molecular weight excluding hydrogens is 280 g/mol. The summed E-state index contributed by atoms with van der Waals surface area (Å²) in [7, 11) is 8.99. The summed E-state index contributed by atoms with van der Waals surface area (Å²) in [5, 5.41) is 0. The van der Waals surface area contributed by atoms with Gasteiger partial charge in [0.1, 0.15) is 0 Å². The molecule has 21 heavy (non-hydrogen) atoms. The van der Waals surface area contributed by atoms with Gasteiger partial charge in [-0.3, -0.25) is 0 Å². The number of rotatable bonds is 8. The second kappa shape index (κ2) is 7.80. The summed E-state index contributed by atoms with van der Waals surface area (Å²) in [5.41, 5.74) is 0.594. The van der Waals surface area contributed by atoms with Gasteiger partial charge in [0.15, 0.2) is 5.75 Å². The lowest BCUT2D eigenvalue weighted by Gasteiger charge is -2.23. The molecule has 0 N–H and O–H groups in total. The maximum Gasteiger partial charge on any atom is 0.220 e. The van der Waals surface area contributed by atoms with E-state index in [9.17, 15) is 0 Å². The highest BCUT2D eigenvalue weighted by Gasteiger charge is 2.32. The van der Waals surface area contributed by atoms with Gasteiger partial charge in [0.25, 0.3) is 0 Å². The summed E-state index contributed by atoms with van der Waals surface area (Å²) in [6.07, 6.45) is -0.348. The Kier molecular flexibility index (Phi) is 6.39. The van der Waals surface area contributed by atoms with Crippen molar-refractivity contribution in [1.82, 2.24) is 0 Å². The first-order valence-corrected chi connectivity index (χ1v) is 6.24. The van der Waals surface area contributed by atoms with Crippen LogP contribution in [-0.4, -0.2) is 42.7 Å². The van der Waals surface area contributed by atoms with Gasteiger partial charge in [-0.25, -0.2) is 0 Å². The smallest absolute Gasteiger partial charge is 0.220 e. The van der Waals surface area contributed by atoms with Crippen molar-refractivity contribution < 1.29 is 33.5 Å². The largest absolute Gasteiger partial charge is 0.492 e. The van der Waals surface area contributed by atoms with E-state index < -0.39 is 0 Å². The Hall–Kier alpha value is -1.86. The van der Waals surface area contributed by atoms with Gasteiger partial charge in [-0.1, -0.05) is 0 Å². The van der Waals surface area contributed by atoms with Crippen LogP contribution in [0, 0.1) is 0 Å². The molecule has 0 saturated carbocycles. The Morgan fingerprint density at radius 3 is 1.43 bits per heavy atom. The molecule has 1 rings (SSSR count). The SMILES string of the molecule is COOc1c(OC)c(OC)c(OC)c(OC)c1C(C)OC. The molecule has 0 aliphatic rings. The second-order valence-corrected chi connectivity index (χ2v) is 4.00. The molecule has 120 valence electrons. The van der Waals surface area contributed by atoms with Gasteiger partial charge in [-0.15, -0.1) is 0 Å². The normalized spacial score (nSPS) is 11.8. The van der Waals surface area contributed by atoms with Gasteiger partial charge in [-0.05, 0) is 6.92 Å². The van der Waals surface area contributed by atoms with Crippen molar-refractivity contribution in [3.05, 3.63) is 5.56 Å². The number of methoxy groups -OCH3 is 5. The Morgan fingerprint density at radius 1 is 0.619 bits per heavy atom. The molecule has 7 heteroatoms. The number of ether oxygens (including phenoxy) is 5. The molecule has 7 nitrogen and oxygen atoms in total. The lowest BCUT2D eigenvalue weighted by molar-refractivity contribution is -0.180. The molecule has 1 aromatic rings. The van der Waals surface area contributed by atoms with Crippen molar-refractivity contribution in [1.29, 1.82) is 0 Å². The van der Waals surface area contributed by atoms with Crippen LogP contribution in [0.5, 0.6) is 28.7 Å². The topological polar surface area (TPSA) is 64.6 Å². The van der Waals surface area contributed by atoms with Crippen LogP contribution in [0.1, 0.15) is 18.6 Å². The quantitative estimate of drug-likeness (QED) is 0.539. The molecule has 0 aromatic heterocycles. The average Bonchev–Trinajstić information content (AvgIpc) is 2.52. The van der Waals surface area contributed by atoms with E-state index in [4.69, 9.17) is 33.5 Å². The maximum atomic E-state index is 5.44. The fraction of sp³-hybridized carbons (Fsp3) is 0.571. The van der Waals surface area contributed by atoms with E-state index in [-0.39, 0.29) is 6.10 Å². The van der Waals surface area contributed by atoms with Gasteiger partial charge < -0.3 is 28.6 Å². The van der Waals surface area contributed by atoms with E-state index in [0.29, 0.717) is 34.3 Å². The fourth-order valence-electron chi connectivity index (χ4n) is 2.07. The first-order chi connectivity index (χ1) is 10.1. The monoisotopic (exact) mass is 302 g/mol. The zero-order chi connectivity index (χ0) is 16.0. The maximum absolute atomic E-state index is 5.44. The first-order valence-electron chi connectivity index (χ1n) is 6.24. The van der Waals surface area contributed by atoms with Crippen molar-refractivity contribution in [3.8, 4) is 28.7 Å². The fourth-order valence-corrected chi connectivity index (χ4v) is 2.07. The highest BCUT2D eigenvalue weighted by molar-refractivity contribution is 5.70. The summed E-state index contributed by atoms with van der Waals surface area (Å²) in [5.74, 6) is 1.80. The molecule has 1 aromatic carbocycles. The van der Waals surface area contributed by atoms with E-state index in [1.807, 2.05) is 6.92 Å². The van der Waals surface area contributed by atoms with Crippen molar-refractivity contribution >= 4 is 0 Å². The Labute approximate surface area is 124 Å². The summed E-state index contributed by atoms with van der Waals surface area (Å²) < 4.78 is 26.9. The molecule has 0 heterocycles. The summed E-state index contributed by atoms with van der Waals surface area (Å²) in [6, 6.07) is 0. The van der Waals surface area contributed by atoms with Gasteiger partial charge in [0, 0.05) is 7.11 Å².